The van der Waals surface area contributed by atoms with E-state index in [1.54, 1.807) is 12.1 Å². The Morgan fingerprint density at radius 3 is 2.21 bits per heavy atom. The van der Waals surface area contributed by atoms with Gasteiger partial charge in [-0.25, -0.2) is 13.1 Å². The van der Waals surface area contributed by atoms with Crippen molar-refractivity contribution in [1.82, 2.24) is 4.72 Å². The monoisotopic (exact) mass is 351 g/mol. The lowest BCUT2D eigenvalue weighted by Gasteiger charge is -2.22. The van der Waals surface area contributed by atoms with Crippen molar-refractivity contribution in [3.63, 3.8) is 0 Å². The number of ether oxygens (including phenoxy) is 1. The van der Waals surface area contributed by atoms with Crippen LogP contribution in [0.5, 0.6) is 0 Å². The number of amides is 1. The molecule has 1 aliphatic carbocycles. The van der Waals surface area contributed by atoms with E-state index in [4.69, 9.17) is 4.74 Å². The minimum Gasteiger partial charge on any atom is -0.381 e. The number of rotatable bonds is 4. The molecule has 0 unspecified atom stereocenters. The van der Waals surface area contributed by atoms with E-state index < -0.39 is 15.9 Å². The van der Waals surface area contributed by atoms with E-state index in [1.165, 1.54) is 37.7 Å². The molecule has 24 heavy (non-hydrogen) atoms. The maximum Gasteiger partial charge on any atom is 0.264 e. The van der Waals surface area contributed by atoms with E-state index in [0.29, 0.717) is 32.0 Å². The topological polar surface area (TPSA) is 72.5 Å². The molecule has 1 aromatic carbocycles. The van der Waals surface area contributed by atoms with Crippen LogP contribution >= 0.6 is 0 Å². The lowest BCUT2D eigenvalue weighted by molar-refractivity contribution is -0.125. The Morgan fingerprint density at radius 1 is 0.958 bits per heavy atom. The number of carbonyl (C=O) groups excluding carboxylic acids is 1. The standard InChI is InChI=1S/C18H25NO4S/c20-18(16-10-12-23-13-11-16)19-24(21,22)17-8-6-15(7-9-17)14-4-2-1-3-5-14/h6-9,14,16H,1-5,10-13H2,(H,19,20). The van der Waals surface area contributed by atoms with Gasteiger partial charge in [0, 0.05) is 19.1 Å². The Labute approximate surface area is 143 Å². The Kier molecular flexibility index (Phi) is 5.56. The Hall–Kier alpha value is -1.40. The summed E-state index contributed by atoms with van der Waals surface area (Å²) < 4.78 is 32.2. The fourth-order valence-electron chi connectivity index (χ4n) is 3.59. The normalized spacial score (nSPS) is 20.7. The van der Waals surface area contributed by atoms with Crippen LogP contribution in [-0.2, 0) is 19.6 Å². The lowest BCUT2D eigenvalue weighted by Crippen LogP contribution is -2.38. The van der Waals surface area contributed by atoms with E-state index >= 15 is 0 Å². The zero-order chi connectivity index (χ0) is 17.0. The first-order chi connectivity index (χ1) is 11.6. The molecule has 1 N–H and O–H groups in total. The molecule has 0 aromatic heterocycles. The second kappa shape index (κ2) is 7.66. The quantitative estimate of drug-likeness (QED) is 0.905. The molecule has 5 nitrogen and oxygen atoms in total. The van der Waals surface area contributed by atoms with Crippen molar-refractivity contribution in [3.05, 3.63) is 29.8 Å². The molecule has 0 spiro atoms. The number of benzene rings is 1. The molecule has 132 valence electrons. The van der Waals surface area contributed by atoms with Crippen molar-refractivity contribution in [2.24, 2.45) is 5.92 Å². The van der Waals surface area contributed by atoms with E-state index in [0.717, 1.165) is 0 Å². The molecule has 6 heteroatoms. The van der Waals surface area contributed by atoms with Gasteiger partial charge < -0.3 is 4.74 Å². The van der Waals surface area contributed by atoms with Gasteiger partial charge in [-0.15, -0.1) is 0 Å². The van der Waals surface area contributed by atoms with Crippen molar-refractivity contribution < 1.29 is 17.9 Å². The smallest absolute Gasteiger partial charge is 0.264 e. The number of carbonyl (C=O) groups is 1. The number of hydrogen-bond donors (Lipinski definition) is 1. The summed E-state index contributed by atoms with van der Waals surface area (Å²) >= 11 is 0. The summed E-state index contributed by atoms with van der Waals surface area (Å²) in [6.45, 7) is 1.02. The van der Waals surface area contributed by atoms with Gasteiger partial charge in [-0.05, 0) is 49.3 Å². The predicted octanol–water partition coefficient (Wildman–Crippen LogP) is 2.97. The van der Waals surface area contributed by atoms with Crippen LogP contribution in [0.4, 0.5) is 0 Å². The summed E-state index contributed by atoms with van der Waals surface area (Å²) in [6, 6.07) is 7.01. The van der Waals surface area contributed by atoms with E-state index in [2.05, 4.69) is 4.72 Å². The largest absolute Gasteiger partial charge is 0.381 e. The van der Waals surface area contributed by atoms with Gasteiger partial charge in [-0.1, -0.05) is 31.4 Å². The highest BCUT2D eigenvalue weighted by Crippen LogP contribution is 2.32. The highest BCUT2D eigenvalue weighted by atomic mass is 32.2. The first-order valence-corrected chi connectivity index (χ1v) is 10.3. The second-order valence-electron chi connectivity index (χ2n) is 6.76. The van der Waals surface area contributed by atoms with Crippen molar-refractivity contribution >= 4 is 15.9 Å². The number of hydrogen-bond acceptors (Lipinski definition) is 4. The third-order valence-corrected chi connectivity index (χ3v) is 6.46. The molecule has 1 heterocycles. The average Bonchev–Trinajstić information content (AvgIpc) is 2.63. The molecule has 2 aliphatic rings. The minimum absolute atomic E-state index is 0.155. The zero-order valence-electron chi connectivity index (χ0n) is 13.9. The summed E-state index contributed by atoms with van der Waals surface area (Å²) in [7, 11) is -3.80. The van der Waals surface area contributed by atoms with Gasteiger partial charge in [0.1, 0.15) is 0 Å². The van der Waals surface area contributed by atoms with Crippen LogP contribution in [0.1, 0.15) is 56.4 Å². The molecule has 3 rings (SSSR count). The maximum absolute atomic E-state index is 12.4. The predicted molar refractivity (Wildman–Crippen MR) is 91.1 cm³/mol. The zero-order valence-corrected chi connectivity index (χ0v) is 14.7. The van der Waals surface area contributed by atoms with E-state index in [1.807, 2.05) is 12.1 Å². The number of sulfonamides is 1. The number of nitrogens with one attached hydrogen (secondary N) is 1. The SMILES string of the molecule is O=C(NS(=O)(=O)c1ccc(C2CCCCC2)cc1)C1CCOCC1. The van der Waals surface area contributed by atoms with Gasteiger partial charge in [-0.2, -0.15) is 0 Å². The van der Waals surface area contributed by atoms with Gasteiger partial charge in [0.15, 0.2) is 0 Å². The maximum atomic E-state index is 12.4. The molecule has 0 atom stereocenters. The van der Waals surface area contributed by atoms with Crippen molar-refractivity contribution in [2.75, 3.05) is 13.2 Å². The summed E-state index contributed by atoms with van der Waals surface area (Å²) in [5, 5.41) is 0. The van der Waals surface area contributed by atoms with Gasteiger partial charge in [0.2, 0.25) is 5.91 Å². The van der Waals surface area contributed by atoms with Crippen LogP contribution in [-0.4, -0.2) is 27.5 Å². The third kappa shape index (κ3) is 4.16. The Morgan fingerprint density at radius 2 is 1.58 bits per heavy atom. The summed E-state index contributed by atoms with van der Waals surface area (Å²) in [6.07, 6.45) is 7.27. The van der Waals surface area contributed by atoms with E-state index in [9.17, 15) is 13.2 Å². The second-order valence-corrected chi connectivity index (χ2v) is 8.44. The lowest BCUT2D eigenvalue weighted by atomic mass is 9.84. The minimum atomic E-state index is -3.80. The molecule has 2 fully saturated rings. The van der Waals surface area contributed by atoms with Crippen LogP contribution in [0, 0.1) is 5.92 Å². The van der Waals surface area contributed by atoms with Crippen LogP contribution in [0.3, 0.4) is 0 Å². The van der Waals surface area contributed by atoms with Crippen molar-refractivity contribution in [1.29, 1.82) is 0 Å². The molecule has 1 aliphatic heterocycles. The van der Waals surface area contributed by atoms with Crippen molar-refractivity contribution in [3.8, 4) is 0 Å². The van der Waals surface area contributed by atoms with E-state index in [-0.39, 0.29) is 10.8 Å². The Balaban J connectivity index is 1.66. The highest BCUT2D eigenvalue weighted by Gasteiger charge is 2.26. The average molecular weight is 351 g/mol. The Bertz CT molecular complexity index is 657. The molecule has 1 amide bonds. The molecule has 0 bridgehead atoms. The fourth-order valence-corrected chi connectivity index (χ4v) is 4.63. The van der Waals surface area contributed by atoms with Crippen LogP contribution < -0.4 is 4.72 Å². The van der Waals surface area contributed by atoms with Crippen LogP contribution in [0.15, 0.2) is 29.2 Å². The highest BCUT2D eigenvalue weighted by molar-refractivity contribution is 7.90. The van der Waals surface area contributed by atoms with Crippen molar-refractivity contribution in [2.45, 2.75) is 55.8 Å². The fraction of sp³-hybridized carbons (Fsp3) is 0.611. The molecule has 0 radical (unpaired) electrons. The third-order valence-electron chi connectivity index (χ3n) is 5.09. The van der Waals surface area contributed by atoms with Gasteiger partial charge in [-0.3, -0.25) is 4.79 Å². The van der Waals surface area contributed by atoms with Gasteiger partial charge in [0.25, 0.3) is 10.0 Å². The summed E-state index contributed by atoms with van der Waals surface area (Å²) in [4.78, 5) is 12.3. The molecular formula is C18H25NO4S. The molecule has 1 saturated carbocycles. The summed E-state index contributed by atoms with van der Waals surface area (Å²) in [5.74, 6) is -0.169. The van der Waals surface area contributed by atoms with Gasteiger partial charge >= 0.3 is 0 Å². The first kappa shape index (κ1) is 17.4. The molecular weight excluding hydrogens is 326 g/mol. The molecule has 1 saturated heterocycles. The van der Waals surface area contributed by atoms with Gasteiger partial charge in [0.05, 0.1) is 4.90 Å². The van der Waals surface area contributed by atoms with Crippen LogP contribution in [0.2, 0.25) is 0 Å². The first-order valence-electron chi connectivity index (χ1n) is 8.80. The summed E-state index contributed by atoms with van der Waals surface area (Å²) in [5.41, 5.74) is 1.20. The molecule has 1 aromatic rings. The van der Waals surface area contributed by atoms with Crippen LogP contribution in [0.25, 0.3) is 0 Å².